The number of fused-ring (bicyclic) bond motifs is 1. The van der Waals surface area contributed by atoms with Crippen molar-refractivity contribution in [2.75, 3.05) is 6.61 Å². The van der Waals surface area contributed by atoms with Crippen molar-refractivity contribution >= 4 is 27.5 Å². The first-order valence-electron chi connectivity index (χ1n) is 9.44. The molecule has 4 rings (SSSR count). The van der Waals surface area contributed by atoms with Gasteiger partial charge in [0.25, 0.3) is 5.56 Å². The Kier molecular flexibility index (Phi) is 5.17. The molecule has 8 heteroatoms. The lowest BCUT2D eigenvalue weighted by molar-refractivity contribution is 0.0660. The minimum absolute atomic E-state index is 0.110. The van der Waals surface area contributed by atoms with Gasteiger partial charge in [-0.05, 0) is 50.6 Å². The second-order valence-electron chi connectivity index (χ2n) is 6.79. The minimum Gasteiger partial charge on any atom is -0.494 e. The number of hydrogen-bond donors (Lipinski definition) is 1. The van der Waals surface area contributed by atoms with E-state index in [1.54, 1.807) is 13.0 Å². The van der Waals surface area contributed by atoms with E-state index in [4.69, 9.17) is 14.3 Å². The highest BCUT2D eigenvalue weighted by Crippen LogP contribution is 2.36. The standard InChI is InChI=1S/C22H20N2O5S/c1-4-28-15-7-5-14(6-8-15)18-12(2)30-20-19(18)21(25)24(13(3)23-20)11-16-9-10-17(29-16)22(26)27/h5-10H,4,11H2,1-3H3,(H,26,27). The Balaban J connectivity index is 1.83. The zero-order valence-electron chi connectivity index (χ0n) is 16.8. The molecular weight excluding hydrogens is 404 g/mol. The molecule has 1 N–H and O–H groups in total. The Labute approximate surface area is 176 Å². The van der Waals surface area contributed by atoms with Gasteiger partial charge in [0.05, 0.1) is 18.5 Å². The zero-order chi connectivity index (χ0) is 21.4. The highest BCUT2D eigenvalue weighted by Gasteiger charge is 2.19. The van der Waals surface area contributed by atoms with Crippen LogP contribution in [0.3, 0.4) is 0 Å². The molecule has 0 aliphatic carbocycles. The van der Waals surface area contributed by atoms with Gasteiger partial charge < -0.3 is 14.3 Å². The van der Waals surface area contributed by atoms with Crippen molar-refractivity contribution in [2.45, 2.75) is 27.3 Å². The molecular formula is C22H20N2O5S. The van der Waals surface area contributed by atoms with Crippen LogP contribution in [0, 0.1) is 13.8 Å². The zero-order valence-corrected chi connectivity index (χ0v) is 17.6. The van der Waals surface area contributed by atoms with E-state index in [1.165, 1.54) is 22.0 Å². The van der Waals surface area contributed by atoms with E-state index in [0.717, 1.165) is 21.8 Å². The summed E-state index contributed by atoms with van der Waals surface area (Å²) in [6.45, 7) is 6.36. The molecule has 0 spiro atoms. The normalized spacial score (nSPS) is 11.2. The van der Waals surface area contributed by atoms with Crippen LogP contribution in [0.15, 0.2) is 45.6 Å². The first-order chi connectivity index (χ1) is 14.4. The van der Waals surface area contributed by atoms with Crippen molar-refractivity contribution in [3.05, 3.63) is 69.0 Å². The lowest BCUT2D eigenvalue weighted by Gasteiger charge is -2.09. The number of ether oxygens (including phenoxy) is 1. The highest BCUT2D eigenvalue weighted by atomic mass is 32.1. The fourth-order valence-corrected chi connectivity index (χ4v) is 4.53. The van der Waals surface area contributed by atoms with E-state index in [2.05, 4.69) is 4.98 Å². The van der Waals surface area contributed by atoms with Crippen LogP contribution in [0.5, 0.6) is 5.75 Å². The third-order valence-corrected chi connectivity index (χ3v) is 5.82. The largest absolute Gasteiger partial charge is 0.494 e. The van der Waals surface area contributed by atoms with Gasteiger partial charge in [0, 0.05) is 10.4 Å². The van der Waals surface area contributed by atoms with Gasteiger partial charge in [0.15, 0.2) is 0 Å². The summed E-state index contributed by atoms with van der Waals surface area (Å²) < 4.78 is 12.4. The van der Waals surface area contributed by atoms with E-state index in [-0.39, 0.29) is 17.9 Å². The SMILES string of the molecule is CCOc1ccc(-c2c(C)sc3nc(C)n(Cc4ccc(C(=O)O)o4)c(=O)c23)cc1. The summed E-state index contributed by atoms with van der Waals surface area (Å²) in [6, 6.07) is 10.6. The quantitative estimate of drug-likeness (QED) is 0.490. The summed E-state index contributed by atoms with van der Waals surface area (Å²) in [7, 11) is 0. The Hall–Kier alpha value is -3.39. The fourth-order valence-electron chi connectivity index (χ4n) is 3.45. The van der Waals surface area contributed by atoms with Gasteiger partial charge in [-0.15, -0.1) is 11.3 Å². The maximum absolute atomic E-state index is 13.4. The van der Waals surface area contributed by atoms with Crippen LogP contribution in [0.25, 0.3) is 21.3 Å². The summed E-state index contributed by atoms with van der Waals surface area (Å²) in [4.78, 5) is 30.8. The van der Waals surface area contributed by atoms with Crippen molar-refractivity contribution in [3.8, 4) is 16.9 Å². The van der Waals surface area contributed by atoms with Crippen molar-refractivity contribution in [2.24, 2.45) is 0 Å². The molecule has 3 aromatic heterocycles. The first-order valence-corrected chi connectivity index (χ1v) is 10.3. The number of furan rings is 1. The summed E-state index contributed by atoms with van der Waals surface area (Å²) in [6.07, 6.45) is 0. The van der Waals surface area contributed by atoms with E-state index >= 15 is 0 Å². The number of benzene rings is 1. The van der Waals surface area contributed by atoms with E-state index in [1.807, 2.05) is 38.1 Å². The molecule has 4 aromatic rings. The molecule has 7 nitrogen and oxygen atoms in total. The first kappa shape index (κ1) is 19.9. The summed E-state index contributed by atoms with van der Waals surface area (Å²) in [5.41, 5.74) is 1.59. The summed E-state index contributed by atoms with van der Waals surface area (Å²) in [5.74, 6) is 0.391. The van der Waals surface area contributed by atoms with Gasteiger partial charge in [-0.3, -0.25) is 9.36 Å². The number of carboxylic acids is 1. The highest BCUT2D eigenvalue weighted by molar-refractivity contribution is 7.19. The maximum atomic E-state index is 13.4. The molecule has 0 aliphatic heterocycles. The second-order valence-corrected chi connectivity index (χ2v) is 8.00. The van der Waals surface area contributed by atoms with Crippen molar-refractivity contribution in [3.63, 3.8) is 0 Å². The molecule has 1 aromatic carbocycles. The topological polar surface area (TPSA) is 94.6 Å². The second kappa shape index (κ2) is 7.79. The number of carbonyl (C=O) groups is 1. The molecule has 0 saturated heterocycles. The van der Waals surface area contributed by atoms with Crippen LogP contribution in [0.1, 0.15) is 33.9 Å². The number of aryl methyl sites for hydroxylation is 2. The monoisotopic (exact) mass is 424 g/mol. The number of rotatable bonds is 6. The number of aromatic carboxylic acids is 1. The Bertz CT molecular complexity index is 1300. The van der Waals surface area contributed by atoms with E-state index in [0.29, 0.717) is 28.4 Å². The lowest BCUT2D eigenvalue weighted by Crippen LogP contribution is -2.24. The number of hydrogen-bond acceptors (Lipinski definition) is 6. The van der Waals surface area contributed by atoms with Crippen LogP contribution in [0.2, 0.25) is 0 Å². The molecule has 0 fully saturated rings. The van der Waals surface area contributed by atoms with Gasteiger partial charge in [-0.25, -0.2) is 9.78 Å². The predicted molar refractivity (Wildman–Crippen MR) is 115 cm³/mol. The van der Waals surface area contributed by atoms with Gasteiger partial charge in [-0.2, -0.15) is 0 Å². The lowest BCUT2D eigenvalue weighted by atomic mass is 10.0. The van der Waals surface area contributed by atoms with Gasteiger partial charge >= 0.3 is 5.97 Å². The van der Waals surface area contributed by atoms with Crippen LogP contribution >= 0.6 is 11.3 Å². The number of aromatic nitrogens is 2. The van der Waals surface area contributed by atoms with E-state index in [9.17, 15) is 9.59 Å². The van der Waals surface area contributed by atoms with Crippen molar-refractivity contribution < 1.29 is 19.1 Å². The average Bonchev–Trinajstić information content (AvgIpc) is 3.30. The van der Waals surface area contributed by atoms with Crippen LogP contribution in [-0.2, 0) is 6.54 Å². The van der Waals surface area contributed by atoms with E-state index < -0.39 is 5.97 Å². The summed E-state index contributed by atoms with van der Waals surface area (Å²) >= 11 is 1.48. The molecule has 0 amide bonds. The van der Waals surface area contributed by atoms with Gasteiger partial charge in [-0.1, -0.05) is 12.1 Å². The molecule has 0 saturated carbocycles. The maximum Gasteiger partial charge on any atom is 0.371 e. The number of carboxylic acid groups (broad SMARTS) is 1. The Morgan fingerprint density at radius 3 is 2.57 bits per heavy atom. The fraction of sp³-hybridized carbons (Fsp3) is 0.227. The number of thiophene rings is 1. The molecule has 0 bridgehead atoms. The third kappa shape index (κ3) is 3.50. The Morgan fingerprint density at radius 2 is 1.93 bits per heavy atom. The van der Waals surface area contributed by atoms with Gasteiger partial charge in [0.2, 0.25) is 5.76 Å². The number of nitrogens with zero attached hydrogens (tertiary/aromatic N) is 2. The molecule has 0 radical (unpaired) electrons. The minimum atomic E-state index is -1.15. The smallest absolute Gasteiger partial charge is 0.371 e. The molecule has 154 valence electrons. The van der Waals surface area contributed by atoms with Crippen molar-refractivity contribution in [1.82, 2.24) is 9.55 Å². The van der Waals surface area contributed by atoms with Crippen LogP contribution in [0.4, 0.5) is 0 Å². The Morgan fingerprint density at radius 1 is 1.20 bits per heavy atom. The predicted octanol–water partition coefficient (Wildman–Crippen LogP) is 4.48. The molecule has 0 aliphatic rings. The molecule has 0 unspecified atom stereocenters. The summed E-state index contributed by atoms with van der Waals surface area (Å²) in [5, 5.41) is 9.60. The molecule has 3 heterocycles. The third-order valence-electron chi connectivity index (χ3n) is 4.82. The molecule has 30 heavy (non-hydrogen) atoms. The van der Waals surface area contributed by atoms with Gasteiger partial charge in [0.1, 0.15) is 22.2 Å². The molecule has 0 atom stereocenters. The van der Waals surface area contributed by atoms with Crippen LogP contribution < -0.4 is 10.3 Å². The van der Waals surface area contributed by atoms with Crippen molar-refractivity contribution in [1.29, 1.82) is 0 Å². The van der Waals surface area contributed by atoms with Crippen LogP contribution in [-0.4, -0.2) is 27.2 Å². The average molecular weight is 424 g/mol.